The summed E-state index contributed by atoms with van der Waals surface area (Å²) < 4.78 is 28.0. The van der Waals surface area contributed by atoms with Crippen LogP contribution >= 0.6 is 22.7 Å². The van der Waals surface area contributed by atoms with Crippen LogP contribution in [0.5, 0.6) is 0 Å². The van der Waals surface area contributed by atoms with E-state index in [1.54, 1.807) is 18.4 Å². The molecule has 3 aromatic rings. The molecule has 3 heterocycles. The topological polar surface area (TPSA) is 84.2 Å². The third-order valence-corrected chi connectivity index (χ3v) is 6.81. The van der Waals surface area contributed by atoms with Crippen molar-refractivity contribution in [1.82, 2.24) is 14.5 Å². The number of aliphatic hydroxyl groups excluding tert-OH is 1. The highest BCUT2D eigenvalue weighted by molar-refractivity contribution is 7.89. The molecule has 0 saturated heterocycles. The number of aliphatic hydroxyl groups is 1. The molecule has 0 spiro atoms. The van der Waals surface area contributed by atoms with Crippen LogP contribution in [0.3, 0.4) is 0 Å². The van der Waals surface area contributed by atoms with E-state index in [4.69, 9.17) is 0 Å². The predicted octanol–water partition coefficient (Wildman–Crippen LogP) is 2.22. The fraction of sp³-hybridized carbons (Fsp3) is 0.214. The molecule has 122 valence electrons. The number of hydrogen-bond acceptors (Lipinski definition) is 6. The molecule has 0 aliphatic rings. The van der Waals surface area contributed by atoms with Gasteiger partial charge in [0.15, 0.2) is 0 Å². The average Bonchev–Trinajstić information content (AvgIpc) is 3.24. The third-order valence-electron chi connectivity index (χ3n) is 3.18. The van der Waals surface area contributed by atoms with Gasteiger partial charge in [0.2, 0.25) is 10.0 Å². The maximum Gasteiger partial charge on any atom is 0.243 e. The highest BCUT2D eigenvalue weighted by Crippen LogP contribution is 2.33. The first-order valence-corrected chi connectivity index (χ1v) is 9.93. The van der Waals surface area contributed by atoms with Crippen LogP contribution in [0.1, 0.15) is 11.0 Å². The molecule has 3 rings (SSSR count). The first kappa shape index (κ1) is 16.3. The number of nitrogens with one attached hydrogen (secondary N) is 1. The van der Waals surface area contributed by atoms with Gasteiger partial charge in [-0.25, -0.2) is 13.1 Å². The Morgan fingerprint density at radius 1 is 1.35 bits per heavy atom. The molecule has 23 heavy (non-hydrogen) atoms. The van der Waals surface area contributed by atoms with E-state index in [-0.39, 0.29) is 11.4 Å². The van der Waals surface area contributed by atoms with Crippen molar-refractivity contribution in [3.63, 3.8) is 0 Å². The lowest BCUT2D eigenvalue weighted by atomic mass is 10.3. The van der Waals surface area contributed by atoms with E-state index in [2.05, 4.69) is 9.82 Å². The highest BCUT2D eigenvalue weighted by Gasteiger charge is 2.19. The van der Waals surface area contributed by atoms with Crippen molar-refractivity contribution < 1.29 is 13.5 Å². The van der Waals surface area contributed by atoms with Crippen molar-refractivity contribution in [2.24, 2.45) is 7.05 Å². The number of aromatic nitrogens is 2. The lowest BCUT2D eigenvalue weighted by molar-refractivity contribution is 0.186. The number of aryl methyl sites for hydroxylation is 1. The van der Waals surface area contributed by atoms with Crippen LogP contribution in [-0.4, -0.2) is 29.8 Å². The minimum absolute atomic E-state index is 0.0812. The minimum Gasteiger partial charge on any atom is -0.386 e. The Balaban J connectivity index is 1.67. The van der Waals surface area contributed by atoms with Crippen LogP contribution in [0.4, 0.5) is 0 Å². The van der Waals surface area contributed by atoms with Crippen LogP contribution in [0.25, 0.3) is 9.75 Å². The summed E-state index contributed by atoms with van der Waals surface area (Å²) in [5, 5.41) is 16.0. The summed E-state index contributed by atoms with van der Waals surface area (Å²) in [6.45, 7) is -0.0817. The largest absolute Gasteiger partial charge is 0.386 e. The first-order valence-electron chi connectivity index (χ1n) is 6.76. The van der Waals surface area contributed by atoms with Crippen LogP contribution in [0.15, 0.2) is 46.9 Å². The van der Waals surface area contributed by atoms with Gasteiger partial charge in [-0.3, -0.25) is 4.68 Å². The quantitative estimate of drug-likeness (QED) is 0.698. The molecule has 3 aromatic heterocycles. The smallest absolute Gasteiger partial charge is 0.243 e. The van der Waals surface area contributed by atoms with E-state index >= 15 is 0 Å². The van der Waals surface area contributed by atoms with E-state index in [1.807, 2.05) is 29.6 Å². The highest BCUT2D eigenvalue weighted by atomic mass is 32.2. The van der Waals surface area contributed by atoms with Crippen LogP contribution in [-0.2, 0) is 17.1 Å². The molecule has 0 aromatic carbocycles. The molecule has 1 unspecified atom stereocenters. The van der Waals surface area contributed by atoms with Gasteiger partial charge in [0.25, 0.3) is 0 Å². The zero-order chi connectivity index (χ0) is 16.4. The molecule has 0 saturated carbocycles. The monoisotopic (exact) mass is 369 g/mol. The van der Waals surface area contributed by atoms with Gasteiger partial charge in [-0.05, 0) is 23.6 Å². The van der Waals surface area contributed by atoms with Gasteiger partial charge < -0.3 is 5.11 Å². The second-order valence-electron chi connectivity index (χ2n) is 4.90. The summed E-state index contributed by atoms with van der Waals surface area (Å²) >= 11 is 3.08. The SMILES string of the molecule is Cn1cc(S(=O)(=O)NCC(O)c2ccc(-c3cccs3)s2)cn1. The Morgan fingerprint density at radius 3 is 2.83 bits per heavy atom. The van der Waals surface area contributed by atoms with Gasteiger partial charge in [-0.15, -0.1) is 22.7 Å². The van der Waals surface area contributed by atoms with Crippen LogP contribution < -0.4 is 4.72 Å². The zero-order valence-electron chi connectivity index (χ0n) is 12.2. The number of hydrogen-bond donors (Lipinski definition) is 2. The summed E-state index contributed by atoms with van der Waals surface area (Å²) in [6, 6.07) is 7.74. The average molecular weight is 369 g/mol. The molecule has 0 amide bonds. The van der Waals surface area contributed by atoms with E-state index in [9.17, 15) is 13.5 Å². The number of nitrogens with zero attached hydrogens (tertiary/aromatic N) is 2. The summed E-state index contributed by atoms with van der Waals surface area (Å²) in [4.78, 5) is 2.99. The minimum atomic E-state index is -3.67. The molecule has 6 nitrogen and oxygen atoms in total. The van der Waals surface area contributed by atoms with Crippen molar-refractivity contribution in [2.45, 2.75) is 11.0 Å². The van der Waals surface area contributed by atoms with Crippen molar-refractivity contribution in [3.05, 3.63) is 46.9 Å². The summed E-state index contributed by atoms with van der Waals surface area (Å²) in [6.07, 6.45) is 1.80. The van der Waals surface area contributed by atoms with Gasteiger partial charge in [0.1, 0.15) is 11.0 Å². The zero-order valence-corrected chi connectivity index (χ0v) is 14.7. The van der Waals surface area contributed by atoms with Crippen LogP contribution in [0.2, 0.25) is 0 Å². The van der Waals surface area contributed by atoms with Gasteiger partial charge >= 0.3 is 0 Å². The lowest BCUT2D eigenvalue weighted by Crippen LogP contribution is -2.28. The molecule has 0 aliphatic carbocycles. The Bertz CT molecular complexity index is 881. The number of sulfonamides is 1. The second kappa shape index (κ2) is 6.54. The Labute approximate surface area is 142 Å². The normalized spacial score (nSPS) is 13.3. The number of thiophene rings is 2. The van der Waals surface area contributed by atoms with Crippen molar-refractivity contribution in [3.8, 4) is 9.75 Å². The maximum absolute atomic E-state index is 12.1. The molecule has 1 atom stereocenters. The molecular formula is C14H15N3O3S3. The Kier molecular flexibility index (Phi) is 4.64. The van der Waals surface area contributed by atoms with Crippen molar-refractivity contribution >= 4 is 32.7 Å². The van der Waals surface area contributed by atoms with Gasteiger partial charge in [-0.2, -0.15) is 5.10 Å². The van der Waals surface area contributed by atoms with Gasteiger partial charge in [0.05, 0.1) is 6.20 Å². The summed E-state index contributed by atoms with van der Waals surface area (Å²) in [5.74, 6) is 0. The fourth-order valence-electron chi connectivity index (χ4n) is 1.99. The van der Waals surface area contributed by atoms with Gasteiger partial charge in [-0.1, -0.05) is 6.07 Å². The summed E-state index contributed by atoms with van der Waals surface area (Å²) in [5.41, 5.74) is 0. The van der Waals surface area contributed by atoms with E-state index in [0.717, 1.165) is 14.6 Å². The maximum atomic E-state index is 12.1. The predicted molar refractivity (Wildman–Crippen MR) is 91.0 cm³/mol. The van der Waals surface area contributed by atoms with E-state index < -0.39 is 16.1 Å². The number of rotatable bonds is 6. The molecule has 0 fully saturated rings. The van der Waals surface area contributed by atoms with Crippen molar-refractivity contribution in [2.75, 3.05) is 6.54 Å². The Morgan fingerprint density at radius 2 is 2.17 bits per heavy atom. The molecule has 0 aliphatic heterocycles. The Hall–Kier alpha value is -1.52. The molecule has 9 heteroatoms. The lowest BCUT2D eigenvalue weighted by Gasteiger charge is -2.09. The van der Waals surface area contributed by atoms with E-state index in [0.29, 0.717) is 0 Å². The molecule has 0 bridgehead atoms. The molecular weight excluding hydrogens is 354 g/mol. The van der Waals surface area contributed by atoms with E-state index in [1.165, 1.54) is 28.4 Å². The second-order valence-corrected chi connectivity index (χ2v) is 8.73. The standard InChI is InChI=1S/C14H15N3O3S3/c1-17-9-10(7-15-17)23(19,20)16-8-11(18)12-4-5-14(22-12)13-3-2-6-21-13/h2-7,9,11,16,18H,8H2,1H3. The molecule has 2 N–H and O–H groups in total. The third kappa shape index (κ3) is 3.70. The van der Waals surface area contributed by atoms with Crippen molar-refractivity contribution in [1.29, 1.82) is 0 Å². The van der Waals surface area contributed by atoms with Crippen LogP contribution in [0, 0.1) is 0 Å². The first-order chi connectivity index (χ1) is 11.0. The summed E-state index contributed by atoms with van der Waals surface area (Å²) in [7, 11) is -2.02. The molecule has 0 radical (unpaired) electrons. The fourth-order valence-corrected chi connectivity index (χ4v) is 4.84. The van der Waals surface area contributed by atoms with Gasteiger partial charge in [0, 0.05) is 34.4 Å².